The number of rotatable bonds is 2. The fraction of sp³-hybridized carbons (Fsp3) is 0.875. The Hall–Kier alpha value is -1.30. The molecule has 0 aromatic carbocycles. The van der Waals surface area contributed by atoms with Crippen LogP contribution in [0.25, 0.3) is 0 Å². The Kier molecular flexibility index (Phi) is 4.30. The number of aliphatic hydroxyl groups is 1. The Morgan fingerprint density at radius 2 is 1.77 bits per heavy atom. The van der Waals surface area contributed by atoms with Crippen molar-refractivity contribution in [3.05, 3.63) is 0 Å². The molecule has 1 aliphatic carbocycles. The van der Waals surface area contributed by atoms with E-state index in [-0.39, 0.29) is 11.9 Å². The van der Waals surface area contributed by atoms with E-state index < -0.39 is 11.7 Å². The molecule has 2 amide bonds. The summed E-state index contributed by atoms with van der Waals surface area (Å²) in [5.74, 6) is 0.381. The van der Waals surface area contributed by atoms with Crippen LogP contribution in [0.1, 0.15) is 44.9 Å². The number of amides is 2. The Bertz CT molecular complexity index is 441. The summed E-state index contributed by atoms with van der Waals surface area (Å²) in [6, 6.07) is -0.373. The third kappa shape index (κ3) is 2.93. The summed E-state index contributed by atoms with van der Waals surface area (Å²) in [5, 5.41) is 10.2. The molecule has 1 unspecified atom stereocenters. The van der Waals surface area contributed by atoms with Crippen LogP contribution in [0.3, 0.4) is 0 Å². The van der Waals surface area contributed by atoms with E-state index in [1.54, 1.807) is 4.90 Å². The molecule has 0 bridgehead atoms. The summed E-state index contributed by atoms with van der Waals surface area (Å²) >= 11 is 0. The van der Waals surface area contributed by atoms with Gasteiger partial charge in [0.1, 0.15) is 6.04 Å². The van der Waals surface area contributed by atoms with E-state index in [0.29, 0.717) is 25.6 Å². The van der Waals surface area contributed by atoms with Gasteiger partial charge in [-0.15, -0.1) is 0 Å². The van der Waals surface area contributed by atoms with Gasteiger partial charge in [0, 0.05) is 19.6 Å². The quantitative estimate of drug-likeness (QED) is 0.836. The highest BCUT2D eigenvalue weighted by Crippen LogP contribution is 2.46. The molecule has 3 rings (SSSR count). The van der Waals surface area contributed by atoms with E-state index in [9.17, 15) is 14.7 Å². The van der Waals surface area contributed by atoms with Crippen LogP contribution in [-0.2, 0) is 9.53 Å². The summed E-state index contributed by atoms with van der Waals surface area (Å²) in [4.78, 5) is 28.1. The molecule has 0 radical (unpaired) electrons. The van der Waals surface area contributed by atoms with Gasteiger partial charge in [-0.3, -0.25) is 9.69 Å². The second kappa shape index (κ2) is 6.07. The number of hydrogen-bond acceptors (Lipinski definition) is 4. The summed E-state index contributed by atoms with van der Waals surface area (Å²) in [5.41, 5.74) is -0.446. The molecule has 1 N–H and O–H groups in total. The summed E-state index contributed by atoms with van der Waals surface area (Å²) in [6.45, 7) is 1.98. The number of ether oxygens (including phenoxy) is 1. The van der Waals surface area contributed by atoms with Gasteiger partial charge in [0.05, 0.1) is 12.7 Å². The van der Waals surface area contributed by atoms with Gasteiger partial charge in [0.25, 0.3) is 0 Å². The van der Waals surface area contributed by atoms with Gasteiger partial charge in [0.2, 0.25) is 5.91 Å². The van der Waals surface area contributed by atoms with Gasteiger partial charge in [-0.05, 0) is 50.9 Å². The standard InChI is InChI=1S/C16H26N2O4/c1-22-15(20)18-9-3-2-4-13(18)14(19)17-10-5-12(6-11-17)16(21)7-8-16/h12-13,21H,2-11H2,1H3. The number of carbonyl (C=O) groups is 2. The molecule has 1 saturated carbocycles. The second-order valence-corrected chi connectivity index (χ2v) is 6.88. The molecule has 2 saturated heterocycles. The second-order valence-electron chi connectivity index (χ2n) is 6.88. The minimum Gasteiger partial charge on any atom is -0.453 e. The van der Waals surface area contributed by atoms with E-state index in [0.717, 1.165) is 44.9 Å². The molecule has 124 valence electrons. The van der Waals surface area contributed by atoms with Crippen LogP contribution in [-0.4, -0.2) is 65.3 Å². The van der Waals surface area contributed by atoms with Crippen molar-refractivity contribution in [2.45, 2.75) is 56.6 Å². The minimum atomic E-state index is -0.446. The van der Waals surface area contributed by atoms with Crippen LogP contribution in [0, 0.1) is 5.92 Å². The van der Waals surface area contributed by atoms with Crippen LogP contribution in [0.4, 0.5) is 4.79 Å². The third-order valence-electron chi connectivity index (χ3n) is 5.53. The number of likely N-dealkylation sites (tertiary alicyclic amines) is 2. The molecule has 0 aromatic rings. The first-order valence-electron chi connectivity index (χ1n) is 8.41. The molecule has 1 atom stereocenters. The number of hydrogen-bond donors (Lipinski definition) is 1. The molecule has 3 fully saturated rings. The molecular formula is C16H26N2O4. The largest absolute Gasteiger partial charge is 0.453 e. The number of methoxy groups -OCH3 is 1. The molecule has 2 heterocycles. The summed E-state index contributed by atoms with van der Waals surface area (Å²) in [6.07, 6.45) is 5.77. The van der Waals surface area contributed by atoms with E-state index in [4.69, 9.17) is 4.74 Å². The Balaban J connectivity index is 1.59. The Morgan fingerprint density at radius 3 is 2.36 bits per heavy atom. The zero-order chi connectivity index (χ0) is 15.7. The number of carbonyl (C=O) groups excluding carboxylic acids is 2. The maximum Gasteiger partial charge on any atom is 0.410 e. The van der Waals surface area contributed by atoms with E-state index in [1.165, 1.54) is 7.11 Å². The molecule has 6 nitrogen and oxygen atoms in total. The zero-order valence-electron chi connectivity index (χ0n) is 13.3. The first kappa shape index (κ1) is 15.6. The highest BCUT2D eigenvalue weighted by molar-refractivity contribution is 5.86. The number of piperidine rings is 2. The van der Waals surface area contributed by atoms with Crippen molar-refractivity contribution in [1.29, 1.82) is 0 Å². The van der Waals surface area contributed by atoms with Gasteiger partial charge in [-0.1, -0.05) is 0 Å². The molecule has 6 heteroatoms. The lowest BCUT2D eigenvalue weighted by Crippen LogP contribution is -2.54. The van der Waals surface area contributed by atoms with E-state index >= 15 is 0 Å². The van der Waals surface area contributed by atoms with Crippen molar-refractivity contribution in [1.82, 2.24) is 9.80 Å². The lowest BCUT2D eigenvalue weighted by atomic mass is 9.89. The van der Waals surface area contributed by atoms with Crippen molar-refractivity contribution >= 4 is 12.0 Å². The van der Waals surface area contributed by atoms with Gasteiger partial charge >= 0.3 is 6.09 Å². The molecule has 2 aliphatic heterocycles. The van der Waals surface area contributed by atoms with E-state index in [1.807, 2.05) is 4.90 Å². The highest BCUT2D eigenvalue weighted by Gasteiger charge is 2.48. The third-order valence-corrected chi connectivity index (χ3v) is 5.53. The predicted molar refractivity (Wildman–Crippen MR) is 80.2 cm³/mol. The van der Waals surface area contributed by atoms with Gasteiger partial charge in [-0.25, -0.2) is 4.79 Å². The van der Waals surface area contributed by atoms with Crippen molar-refractivity contribution in [2.24, 2.45) is 5.92 Å². The van der Waals surface area contributed by atoms with Crippen LogP contribution in [0.15, 0.2) is 0 Å². The SMILES string of the molecule is COC(=O)N1CCCCC1C(=O)N1CCC(C2(O)CC2)CC1. The summed E-state index contributed by atoms with van der Waals surface area (Å²) in [7, 11) is 1.36. The van der Waals surface area contributed by atoms with Crippen molar-refractivity contribution in [3.8, 4) is 0 Å². The van der Waals surface area contributed by atoms with Crippen LogP contribution >= 0.6 is 0 Å². The van der Waals surface area contributed by atoms with Crippen LogP contribution in [0.2, 0.25) is 0 Å². The van der Waals surface area contributed by atoms with E-state index in [2.05, 4.69) is 0 Å². The molecule has 0 spiro atoms. The average Bonchev–Trinajstić information content (AvgIpc) is 3.32. The average molecular weight is 310 g/mol. The van der Waals surface area contributed by atoms with Crippen molar-refractivity contribution in [2.75, 3.05) is 26.7 Å². The maximum absolute atomic E-state index is 12.8. The first-order valence-corrected chi connectivity index (χ1v) is 8.41. The lowest BCUT2D eigenvalue weighted by molar-refractivity contribution is -0.139. The van der Waals surface area contributed by atoms with Gasteiger partial charge in [-0.2, -0.15) is 0 Å². The fourth-order valence-electron chi connectivity index (χ4n) is 3.91. The van der Waals surface area contributed by atoms with Gasteiger partial charge in [0.15, 0.2) is 0 Å². The van der Waals surface area contributed by atoms with Crippen LogP contribution in [0.5, 0.6) is 0 Å². The number of nitrogens with zero attached hydrogens (tertiary/aromatic N) is 2. The van der Waals surface area contributed by atoms with Gasteiger partial charge < -0.3 is 14.7 Å². The maximum atomic E-state index is 12.8. The first-order chi connectivity index (χ1) is 10.5. The highest BCUT2D eigenvalue weighted by atomic mass is 16.5. The molecule has 0 aromatic heterocycles. The summed E-state index contributed by atoms with van der Waals surface area (Å²) < 4.78 is 4.81. The Labute approximate surface area is 131 Å². The molecule has 22 heavy (non-hydrogen) atoms. The molecular weight excluding hydrogens is 284 g/mol. The Morgan fingerprint density at radius 1 is 1.09 bits per heavy atom. The van der Waals surface area contributed by atoms with Crippen molar-refractivity contribution in [3.63, 3.8) is 0 Å². The van der Waals surface area contributed by atoms with Crippen molar-refractivity contribution < 1.29 is 19.4 Å². The fourth-order valence-corrected chi connectivity index (χ4v) is 3.91. The van der Waals surface area contributed by atoms with Crippen LogP contribution < -0.4 is 0 Å². The predicted octanol–water partition coefficient (Wildman–Crippen LogP) is 1.37. The topological polar surface area (TPSA) is 70.1 Å². The lowest BCUT2D eigenvalue weighted by Gasteiger charge is -2.40. The monoisotopic (exact) mass is 310 g/mol. The normalized spacial score (nSPS) is 28.4. The smallest absolute Gasteiger partial charge is 0.410 e. The zero-order valence-corrected chi connectivity index (χ0v) is 13.3. The minimum absolute atomic E-state index is 0.0475. The molecule has 3 aliphatic rings.